The summed E-state index contributed by atoms with van der Waals surface area (Å²) in [7, 11) is 0. The van der Waals surface area contributed by atoms with Crippen LogP contribution in [0.5, 0.6) is 0 Å². The van der Waals surface area contributed by atoms with Crippen LogP contribution in [0.1, 0.15) is 25.8 Å². The molecule has 0 aliphatic rings. The van der Waals surface area contributed by atoms with E-state index in [1.165, 1.54) is 12.2 Å². The van der Waals surface area contributed by atoms with E-state index < -0.39 is 48.2 Å². The highest BCUT2D eigenvalue weighted by Gasteiger charge is 2.29. The van der Waals surface area contributed by atoms with Crippen LogP contribution in [0.2, 0.25) is 0 Å². The summed E-state index contributed by atoms with van der Waals surface area (Å²) in [5, 5.41) is 22.8. The van der Waals surface area contributed by atoms with E-state index in [4.69, 9.17) is 5.11 Å². The number of hydrogen-bond acceptors (Lipinski definition) is 5. The van der Waals surface area contributed by atoms with Crippen molar-refractivity contribution in [2.75, 3.05) is 0 Å². The van der Waals surface area contributed by atoms with Crippen molar-refractivity contribution in [3.63, 3.8) is 0 Å². The molecular weight excluding hydrogens is 404 g/mol. The van der Waals surface area contributed by atoms with Crippen molar-refractivity contribution in [2.24, 2.45) is 5.92 Å². The third-order valence-electron chi connectivity index (χ3n) is 4.36. The number of carbonyl (C=O) groups is 4. The van der Waals surface area contributed by atoms with Gasteiger partial charge in [-0.15, -0.1) is 0 Å². The maximum atomic E-state index is 12.4. The van der Waals surface area contributed by atoms with Gasteiger partial charge in [-0.1, -0.05) is 26.0 Å². The minimum atomic E-state index is -1.42. The number of carboxylic acid groups (broad SMARTS) is 2. The normalized spacial score (nSPS) is 13.0. The number of amides is 2. The molecule has 2 rings (SSSR count). The molecule has 1 heterocycles. The molecule has 31 heavy (non-hydrogen) atoms. The van der Waals surface area contributed by atoms with Crippen molar-refractivity contribution in [3.8, 4) is 5.69 Å². The molecule has 2 amide bonds. The first-order valence-electron chi connectivity index (χ1n) is 9.49. The summed E-state index contributed by atoms with van der Waals surface area (Å²) in [6.45, 7) is 3.20. The summed E-state index contributed by atoms with van der Waals surface area (Å²) < 4.78 is 1.82. The van der Waals surface area contributed by atoms with Gasteiger partial charge in [-0.05, 0) is 29.7 Å². The molecule has 4 N–H and O–H groups in total. The van der Waals surface area contributed by atoms with Gasteiger partial charge in [0.1, 0.15) is 12.1 Å². The molecule has 0 aliphatic heterocycles. The Balaban J connectivity index is 2.03. The molecule has 1 aromatic carbocycles. The highest BCUT2D eigenvalue weighted by molar-refractivity contribution is 5.97. The number of nitrogens with zero attached hydrogens (tertiary/aromatic N) is 2. The Hall–Kier alpha value is -3.95. The van der Waals surface area contributed by atoms with E-state index in [2.05, 4.69) is 15.6 Å². The molecule has 0 radical (unpaired) electrons. The number of hydrogen-bond donors (Lipinski definition) is 4. The second-order valence-electron chi connectivity index (χ2n) is 7.12. The van der Waals surface area contributed by atoms with Crippen LogP contribution >= 0.6 is 0 Å². The predicted molar refractivity (Wildman–Crippen MR) is 111 cm³/mol. The number of imidazole rings is 1. The minimum Gasteiger partial charge on any atom is -0.481 e. The molecule has 2 aromatic rings. The third kappa shape index (κ3) is 7.11. The number of benzene rings is 1. The monoisotopic (exact) mass is 428 g/mol. The summed E-state index contributed by atoms with van der Waals surface area (Å²) in [5.74, 6) is -4.54. The number of carboxylic acids is 2. The second-order valence-corrected chi connectivity index (χ2v) is 7.12. The molecule has 0 unspecified atom stereocenters. The lowest BCUT2D eigenvalue weighted by Gasteiger charge is -2.22. The number of aromatic nitrogens is 2. The first-order chi connectivity index (χ1) is 14.7. The van der Waals surface area contributed by atoms with Crippen LogP contribution in [0.3, 0.4) is 0 Å². The van der Waals surface area contributed by atoms with Crippen LogP contribution in [-0.2, 0) is 19.2 Å². The molecule has 0 bridgehead atoms. The number of carbonyl (C=O) groups excluding carboxylic acids is 2. The molecule has 10 heteroatoms. The van der Waals surface area contributed by atoms with Crippen LogP contribution < -0.4 is 10.6 Å². The lowest BCUT2D eigenvalue weighted by Crippen LogP contribution is -2.53. The number of nitrogens with one attached hydrogen (secondary N) is 2. The standard InChI is InChI=1S/C21H24N4O6/c1-13(2)19(21(30)31)24-20(29)16(11-18(27)28)23-17(26)8-5-14-3-6-15(7-4-14)25-10-9-22-12-25/h3-10,12-13,16,19H,11H2,1-2H3,(H,23,26)(H,24,29)(H,27,28)(H,30,31)/t16-,19-/m0/s1. The Labute approximate surface area is 178 Å². The maximum absolute atomic E-state index is 12.4. The fraction of sp³-hybridized carbons (Fsp3) is 0.286. The fourth-order valence-electron chi connectivity index (χ4n) is 2.71. The molecular formula is C21H24N4O6. The summed E-state index contributed by atoms with van der Waals surface area (Å²) in [6.07, 6.45) is 7.10. The number of rotatable bonds is 10. The maximum Gasteiger partial charge on any atom is 0.326 e. The lowest BCUT2D eigenvalue weighted by atomic mass is 10.0. The molecule has 0 saturated heterocycles. The summed E-state index contributed by atoms with van der Waals surface area (Å²) in [4.78, 5) is 50.9. The van der Waals surface area contributed by atoms with E-state index in [1.54, 1.807) is 44.7 Å². The van der Waals surface area contributed by atoms with Gasteiger partial charge in [-0.25, -0.2) is 9.78 Å². The Bertz CT molecular complexity index is 951. The van der Waals surface area contributed by atoms with Crippen molar-refractivity contribution in [3.05, 3.63) is 54.6 Å². The highest BCUT2D eigenvalue weighted by atomic mass is 16.4. The Morgan fingerprint density at radius 3 is 2.29 bits per heavy atom. The molecule has 10 nitrogen and oxygen atoms in total. The predicted octanol–water partition coefficient (Wildman–Crippen LogP) is 1.07. The van der Waals surface area contributed by atoms with E-state index in [-0.39, 0.29) is 0 Å². The van der Waals surface area contributed by atoms with Crippen molar-refractivity contribution in [2.45, 2.75) is 32.4 Å². The van der Waals surface area contributed by atoms with E-state index >= 15 is 0 Å². The smallest absolute Gasteiger partial charge is 0.326 e. The molecule has 0 saturated carbocycles. The van der Waals surface area contributed by atoms with Crippen LogP contribution in [-0.4, -0.2) is 55.6 Å². The Morgan fingerprint density at radius 1 is 1.10 bits per heavy atom. The molecule has 1 aromatic heterocycles. The van der Waals surface area contributed by atoms with Gasteiger partial charge in [0.25, 0.3) is 0 Å². The quantitative estimate of drug-likeness (QED) is 0.413. The Kier molecular flexibility index (Phi) is 8.07. The molecule has 0 aliphatic carbocycles. The molecule has 0 spiro atoms. The average molecular weight is 428 g/mol. The van der Waals surface area contributed by atoms with Gasteiger partial charge >= 0.3 is 11.9 Å². The van der Waals surface area contributed by atoms with Gasteiger partial charge in [-0.2, -0.15) is 0 Å². The Morgan fingerprint density at radius 2 is 1.77 bits per heavy atom. The van der Waals surface area contributed by atoms with Crippen LogP contribution in [0, 0.1) is 5.92 Å². The average Bonchev–Trinajstić information content (AvgIpc) is 3.24. The molecule has 2 atom stereocenters. The van der Waals surface area contributed by atoms with Gasteiger partial charge in [0.15, 0.2) is 0 Å². The number of aliphatic carboxylic acids is 2. The second kappa shape index (κ2) is 10.7. The van der Waals surface area contributed by atoms with E-state index in [0.29, 0.717) is 5.56 Å². The highest BCUT2D eigenvalue weighted by Crippen LogP contribution is 2.10. The van der Waals surface area contributed by atoms with Gasteiger partial charge in [0.2, 0.25) is 11.8 Å². The van der Waals surface area contributed by atoms with Crippen LogP contribution in [0.25, 0.3) is 11.8 Å². The third-order valence-corrected chi connectivity index (χ3v) is 4.36. The molecule has 0 fully saturated rings. The van der Waals surface area contributed by atoms with Gasteiger partial charge in [-0.3, -0.25) is 14.4 Å². The van der Waals surface area contributed by atoms with Gasteiger partial charge in [0.05, 0.1) is 12.7 Å². The van der Waals surface area contributed by atoms with Crippen molar-refractivity contribution in [1.82, 2.24) is 20.2 Å². The first-order valence-corrected chi connectivity index (χ1v) is 9.49. The largest absolute Gasteiger partial charge is 0.481 e. The van der Waals surface area contributed by atoms with Gasteiger partial charge in [0, 0.05) is 24.2 Å². The van der Waals surface area contributed by atoms with Crippen molar-refractivity contribution >= 4 is 29.8 Å². The van der Waals surface area contributed by atoms with Crippen LogP contribution in [0.15, 0.2) is 49.1 Å². The van der Waals surface area contributed by atoms with Gasteiger partial charge < -0.3 is 25.4 Å². The summed E-state index contributed by atoms with van der Waals surface area (Å²) >= 11 is 0. The SMILES string of the molecule is CC(C)[C@H](NC(=O)[C@H](CC(=O)O)NC(=O)C=Cc1ccc(-n2ccnc2)cc1)C(=O)O. The fourth-order valence-corrected chi connectivity index (χ4v) is 2.71. The summed E-state index contributed by atoms with van der Waals surface area (Å²) in [5.41, 5.74) is 1.60. The minimum absolute atomic E-state index is 0.423. The van der Waals surface area contributed by atoms with E-state index in [1.807, 2.05) is 16.7 Å². The summed E-state index contributed by atoms with van der Waals surface area (Å²) in [6, 6.07) is 4.60. The zero-order chi connectivity index (χ0) is 23.0. The molecule has 164 valence electrons. The zero-order valence-electron chi connectivity index (χ0n) is 17.1. The topological polar surface area (TPSA) is 151 Å². The van der Waals surface area contributed by atoms with E-state index in [9.17, 15) is 24.3 Å². The first kappa shape index (κ1) is 23.3. The lowest BCUT2D eigenvalue weighted by molar-refractivity contribution is -0.144. The van der Waals surface area contributed by atoms with Crippen LogP contribution in [0.4, 0.5) is 0 Å². The zero-order valence-corrected chi connectivity index (χ0v) is 17.1. The van der Waals surface area contributed by atoms with Crippen molar-refractivity contribution < 1.29 is 29.4 Å². The van der Waals surface area contributed by atoms with E-state index in [0.717, 1.165) is 5.69 Å². The van der Waals surface area contributed by atoms with Crippen molar-refractivity contribution in [1.29, 1.82) is 0 Å².